The van der Waals surface area contributed by atoms with Crippen LogP contribution in [0, 0.1) is 0 Å². The van der Waals surface area contributed by atoms with E-state index in [9.17, 15) is 8.42 Å². The SMILES string of the molecule is CS(=O)c1cc(Sc2ccccc2S(C)=O)ccc1S. The molecule has 0 bridgehead atoms. The molecule has 2 aromatic carbocycles. The van der Waals surface area contributed by atoms with E-state index in [1.807, 2.05) is 42.5 Å². The molecule has 0 fully saturated rings. The first kappa shape index (κ1) is 15.8. The van der Waals surface area contributed by atoms with Crippen LogP contribution in [0.1, 0.15) is 0 Å². The van der Waals surface area contributed by atoms with Crippen molar-refractivity contribution in [2.45, 2.75) is 24.5 Å². The molecular formula is C14H14O2S4. The van der Waals surface area contributed by atoms with Crippen molar-refractivity contribution in [1.82, 2.24) is 0 Å². The fourth-order valence-electron chi connectivity index (χ4n) is 1.69. The third-order valence-electron chi connectivity index (χ3n) is 2.63. The van der Waals surface area contributed by atoms with Gasteiger partial charge in [0.05, 0.1) is 31.4 Å². The molecule has 0 aliphatic heterocycles. The molecule has 0 spiro atoms. The highest BCUT2D eigenvalue weighted by atomic mass is 32.2. The maximum atomic E-state index is 11.7. The van der Waals surface area contributed by atoms with E-state index in [0.29, 0.717) is 4.90 Å². The van der Waals surface area contributed by atoms with Gasteiger partial charge < -0.3 is 0 Å². The van der Waals surface area contributed by atoms with Gasteiger partial charge in [-0.3, -0.25) is 8.42 Å². The van der Waals surface area contributed by atoms with Crippen molar-refractivity contribution in [2.75, 3.05) is 12.5 Å². The Balaban J connectivity index is 2.38. The Labute approximate surface area is 133 Å². The summed E-state index contributed by atoms with van der Waals surface area (Å²) in [5.41, 5.74) is 0. The van der Waals surface area contributed by atoms with Gasteiger partial charge in [-0.25, -0.2) is 0 Å². The molecule has 0 aromatic heterocycles. The minimum Gasteiger partial charge on any atom is -0.255 e. The molecular weight excluding hydrogens is 328 g/mol. The minimum atomic E-state index is -1.07. The van der Waals surface area contributed by atoms with Crippen molar-refractivity contribution in [3.05, 3.63) is 42.5 Å². The summed E-state index contributed by atoms with van der Waals surface area (Å²) in [6.07, 6.45) is 3.31. The topological polar surface area (TPSA) is 34.1 Å². The van der Waals surface area contributed by atoms with E-state index in [0.717, 1.165) is 19.6 Å². The molecule has 2 unspecified atom stereocenters. The van der Waals surface area contributed by atoms with E-state index in [4.69, 9.17) is 0 Å². The summed E-state index contributed by atoms with van der Waals surface area (Å²) >= 11 is 5.83. The molecule has 0 heterocycles. The van der Waals surface area contributed by atoms with Crippen LogP contribution in [0.25, 0.3) is 0 Å². The van der Waals surface area contributed by atoms with Gasteiger partial charge in [0.1, 0.15) is 0 Å². The zero-order chi connectivity index (χ0) is 14.7. The van der Waals surface area contributed by atoms with E-state index in [1.165, 1.54) is 11.8 Å². The Bertz CT molecular complexity index is 683. The molecule has 0 aliphatic rings. The summed E-state index contributed by atoms with van der Waals surface area (Å²) < 4.78 is 23.4. The molecule has 0 radical (unpaired) electrons. The predicted octanol–water partition coefficient (Wildman–Crippen LogP) is 3.60. The molecule has 6 heteroatoms. The third-order valence-corrected chi connectivity index (χ3v) is 6.30. The highest BCUT2D eigenvalue weighted by Crippen LogP contribution is 2.34. The summed E-state index contributed by atoms with van der Waals surface area (Å²) in [4.78, 5) is 4.17. The summed E-state index contributed by atoms with van der Waals surface area (Å²) in [6.45, 7) is 0. The molecule has 106 valence electrons. The van der Waals surface area contributed by atoms with Crippen LogP contribution in [0.3, 0.4) is 0 Å². The monoisotopic (exact) mass is 342 g/mol. The molecule has 0 saturated heterocycles. The largest absolute Gasteiger partial charge is 0.255 e. The highest BCUT2D eigenvalue weighted by Gasteiger charge is 2.09. The van der Waals surface area contributed by atoms with E-state index in [1.54, 1.807) is 12.5 Å². The third kappa shape index (κ3) is 3.75. The van der Waals surface area contributed by atoms with Gasteiger partial charge in [-0.2, -0.15) is 0 Å². The first-order chi connectivity index (χ1) is 9.49. The average Bonchev–Trinajstić information content (AvgIpc) is 2.41. The first-order valence-electron chi connectivity index (χ1n) is 5.76. The van der Waals surface area contributed by atoms with E-state index < -0.39 is 21.6 Å². The Kier molecular flexibility index (Phi) is 5.49. The standard InChI is InChI=1S/C14H14O2S4/c1-19(15)13-6-4-3-5-12(13)18-10-7-8-11(17)14(9-10)20(2)16/h3-9,17H,1-2H3. The number of hydrogen-bond donors (Lipinski definition) is 1. The van der Waals surface area contributed by atoms with Gasteiger partial charge in [0.15, 0.2) is 0 Å². The quantitative estimate of drug-likeness (QED) is 0.862. The van der Waals surface area contributed by atoms with Crippen molar-refractivity contribution in [1.29, 1.82) is 0 Å². The van der Waals surface area contributed by atoms with Crippen LogP contribution in [0.2, 0.25) is 0 Å². The Morgan fingerprint density at radius 3 is 2.25 bits per heavy atom. The fraction of sp³-hybridized carbons (Fsp3) is 0.143. The average molecular weight is 343 g/mol. The van der Waals surface area contributed by atoms with Gasteiger partial charge in [0, 0.05) is 27.2 Å². The molecule has 2 aromatic rings. The predicted molar refractivity (Wildman–Crippen MR) is 88.9 cm³/mol. The second-order valence-electron chi connectivity index (χ2n) is 4.09. The van der Waals surface area contributed by atoms with Crippen molar-refractivity contribution >= 4 is 46.0 Å². The molecule has 2 atom stereocenters. The number of rotatable bonds is 4. The Morgan fingerprint density at radius 2 is 1.60 bits per heavy atom. The van der Waals surface area contributed by atoms with Gasteiger partial charge in [-0.05, 0) is 30.3 Å². The summed E-state index contributed by atoms with van der Waals surface area (Å²) in [7, 11) is -2.10. The van der Waals surface area contributed by atoms with E-state index >= 15 is 0 Å². The van der Waals surface area contributed by atoms with Crippen LogP contribution in [0.4, 0.5) is 0 Å². The Hall–Kier alpha value is -0.560. The normalized spacial score (nSPS) is 13.9. The van der Waals surface area contributed by atoms with Crippen LogP contribution in [-0.4, -0.2) is 20.9 Å². The smallest absolute Gasteiger partial charge is 0.0529 e. The molecule has 0 N–H and O–H groups in total. The maximum absolute atomic E-state index is 11.7. The van der Waals surface area contributed by atoms with Gasteiger partial charge in [0.25, 0.3) is 0 Å². The zero-order valence-corrected chi connectivity index (χ0v) is 14.4. The number of thiol groups is 1. The van der Waals surface area contributed by atoms with Gasteiger partial charge in [0.2, 0.25) is 0 Å². The molecule has 2 nitrogen and oxygen atoms in total. The van der Waals surface area contributed by atoms with E-state index in [2.05, 4.69) is 12.6 Å². The highest BCUT2D eigenvalue weighted by molar-refractivity contribution is 8.00. The summed E-state index contributed by atoms with van der Waals surface area (Å²) in [5.74, 6) is 0. The van der Waals surface area contributed by atoms with Crippen molar-refractivity contribution < 1.29 is 8.42 Å². The number of benzene rings is 2. The lowest BCUT2D eigenvalue weighted by atomic mass is 10.4. The van der Waals surface area contributed by atoms with Crippen LogP contribution >= 0.6 is 24.4 Å². The fourth-order valence-corrected chi connectivity index (χ4v) is 4.92. The molecule has 2 rings (SSSR count). The summed E-state index contributed by atoms with van der Waals surface area (Å²) in [6, 6.07) is 13.3. The van der Waals surface area contributed by atoms with Crippen LogP contribution in [0.15, 0.2) is 66.9 Å². The van der Waals surface area contributed by atoms with Crippen LogP contribution in [0.5, 0.6) is 0 Å². The zero-order valence-electron chi connectivity index (χ0n) is 11.0. The lowest BCUT2D eigenvalue weighted by Crippen LogP contribution is -1.92. The first-order valence-corrected chi connectivity index (χ1v) is 10.1. The second kappa shape index (κ2) is 6.93. The van der Waals surface area contributed by atoms with Crippen molar-refractivity contribution in [2.24, 2.45) is 0 Å². The summed E-state index contributed by atoms with van der Waals surface area (Å²) in [5, 5.41) is 0. The lowest BCUT2D eigenvalue weighted by Gasteiger charge is -2.08. The van der Waals surface area contributed by atoms with E-state index in [-0.39, 0.29) is 0 Å². The van der Waals surface area contributed by atoms with Crippen LogP contribution < -0.4 is 0 Å². The second-order valence-corrected chi connectivity index (χ2v) is 8.38. The van der Waals surface area contributed by atoms with Crippen molar-refractivity contribution in [3.63, 3.8) is 0 Å². The number of hydrogen-bond acceptors (Lipinski definition) is 4. The van der Waals surface area contributed by atoms with Crippen LogP contribution in [-0.2, 0) is 21.6 Å². The van der Waals surface area contributed by atoms with Crippen molar-refractivity contribution in [3.8, 4) is 0 Å². The van der Waals surface area contributed by atoms with Gasteiger partial charge in [-0.1, -0.05) is 23.9 Å². The molecule has 0 amide bonds. The maximum Gasteiger partial charge on any atom is 0.0529 e. The van der Waals surface area contributed by atoms with Gasteiger partial charge >= 0.3 is 0 Å². The lowest BCUT2D eigenvalue weighted by molar-refractivity contribution is 0.684. The molecule has 0 aliphatic carbocycles. The molecule has 0 saturated carbocycles. The minimum absolute atomic E-state index is 0.716. The Morgan fingerprint density at radius 1 is 0.950 bits per heavy atom. The molecule has 20 heavy (non-hydrogen) atoms. The van der Waals surface area contributed by atoms with Gasteiger partial charge in [-0.15, -0.1) is 12.6 Å².